The number of anilines is 2. The van der Waals surface area contributed by atoms with Crippen LogP contribution in [0.2, 0.25) is 0 Å². The van der Waals surface area contributed by atoms with Crippen LogP contribution < -0.4 is 15.5 Å². The normalized spacial score (nSPS) is 23.9. The van der Waals surface area contributed by atoms with Crippen molar-refractivity contribution in [2.45, 2.75) is 31.8 Å². The number of carbonyl (C=O) groups is 2. The zero-order valence-corrected chi connectivity index (χ0v) is 13.3. The predicted molar refractivity (Wildman–Crippen MR) is 88.6 cm³/mol. The Bertz CT molecular complexity index is 617. The lowest BCUT2D eigenvalue weighted by molar-refractivity contribution is -0.115. The van der Waals surface area contributed by atoms with Gasteiger partial charge in [0.15, 0.2) is 0 Å². The van der Waals surface area contributed by atoms with Crippen LogP contribution in [0.3, 0.4) is 0 Å². The summed E-state index contributed by atoms with van der Waals surface area (Å²) in [6, 6.07) is 5.35. The third-order valence-electron chi connectivity index (χ3n) is 4.76. The molecule has 1 fully saturated rings. The average Bonchev–Trinajstić information content (AvgIpc) is 2.88. The van der Waals surface area contributed by atoms with Gasteiger partial charge in [0.2, 0.25) is 5.91 Å². The number of aliphatic hydroxyl groups excluding tert-OH is 1. The largest absolute Gasteiger partial charge is 0.393 e. The molecule has 124 valence electrons. The van der Waals surface area contributed by atoms with Crippen molar-refractivity contribution < 1.29 is 14.7 Å². The van der Waals surface area contributed by atoms with Crippen LogP contribution in [0.25, 0.3) is 0 Å². The van der Waals surface area contributed by atoms with Crippen molar-refractivity contribution in [3.63, 3.8) is 0 Å². The highest BCUT2D eigenvalue weighted by Crippen LogP contribution is 2.29. The zero-order valence-electron chi connectivity index (χ0n) is 13.3. The molecule has 6 heteroatoms. The van der Waals surface area contributed by atoms with Crippen molar-refractivity contribution in [1.82, 2.24) is 5.32 Å². The molecule has 3 rings (SSSR count). The summed E-state index contributed by atoms with van der Waals surface area (Å²) in [4.78, 5) is 26.1. The summed E-state index contributed by atoms with van der Waals surface area (Å²) in [6.45, 7) is 1.15. The minimum Gasteiger partial charge on any atom is -0.393 e. The second-order valence-corrected chi connectivity index (χ2v) is 6.42. The third-order valence-corrected chi connectivity index (χ3v) is 4.76. The lowest BCUT2D eigenvalue weighted by Crippen LogP contribution is -2.32. The van der Waals surface area contributed by atoms with Gasteiger partial charge in [0.25, 0.3) is 5.91 Å². The standard InChI is InChI=1S/C17H23N3O3/c1-20-8-7-16(22)19-13-9-11(5-6-14(13)20)17(23)18-10-12-3-2-4-15(12)21/h5-6,9,12,15,21H,2-4,7-8,10H2,1H3,(H,18,23)(H,19,22)/t12-,15+/m0/s1. The van der Waals surface area contributed by atoms with E-state index in [0.29, 0.717) is 30.8 Å². The van der Waals surface area contributed by atoms with Crippen molar-refractivity contribution in [3.05, 3.63) is 23.8 Å². The summed E-state index contributed by atoms with van der Waals surface area (Å²) < 4.78 is 0. The molecular weight excluding hydrogens is 294 g/mol. The molecule has 2 atom stereocenters. The zero-order chi connectivity index (χ0) is 16.4. The van der Waals surface area contributed by atoms with Crippen LogP contribution in [-0.2, 0) is 4.79 Å². The Labute approximate surface area is 135 Å². The number of nitrogens with zero attached hydrogens (tertiary/aromatic N) is 1. The van der Waals surface area contributed by atoms with E-state index in [4.69, 9.17) is 0 Å². The Kier molecular flexibility index (Phi) is 4.52. The number of fused-ring (bicyclic) bond motifs is 1. The Morgan fingerprint density at radius 2 is 2.26 bits per heavy atom. The fraction of sp³-hybridized carbons (Fsp3) is 0.529. The second kappa shape index (κ2) is 6.58. The molecule has 1 aliphatic heterocycles. The van der Waals surface area contributed by atoms with E-state index >= 15 is 0 Å². The number of amides is 2. The van der Waals surface area contributed by atoms with E-state index in [1.807, 2.05) is 18.0 Å². The molecule has 2 aliphatic rings. The van der Waals surface area contributed by atoms with Gasteiger partial charge in [-0.2, -0.15) is 0 Å². The van der Waals surface area contributed by atoms with Gasteiger partial charge in [-0.3, -0.25) is 9.59 Å². The molecule has 0 saturated heterocycles. The van der Waals surface area contributed by atoms with Gasteiger partial charge >= 0.3 is 0 Å². The van der Waals surface area contributed by atoms with Gasteiger partial charge in [-0.15, -0.1) is 0 Å². The summed E-state index contributed by atoms with van der Waals surface area (Å²) in [5.74, 6) is -0.0686. The molecule has 2 amide bonds. The fourth-order valence-corrected chi connectivity index (χ4v) is 3.29. The number of rotatable bonds is 3. The Hall–Kier alpha value is -2.08. The number of benzene rings is 1. The monoisotopic (exact) mass is 317 g/mol. The number of carbonyl (C=O) groups excluding carboxylic acids is 2. The van der Waals surface area contributed by atoms with Gasteiger partial charge in [0.05, 0.1) is 17.5 Å². The van der Waals surface area contributed by atoms with Gasteiger partial charge in [-0.1, -0.05) is 6.42 Å². The molecule has 1 aromatic rings. The van der Waals surface area contributed by atoms with Crippen LogP contribution in [0.15, 0.2) is 18.2 Å². The van der Waals surface area contributed by atoms with Crippen LogP contribution in [-0.4, -0.2) is 43.2 Å². The minimum atomic E-state index is -0.310. The van der Waals surface area contributed by atoms with Gasteiger partial charge in [-0.25, -0.2) is 0 Å². The highest BCUT2D eigenvalue weighted by atomic mass is 16.3. The third kappa shape index (κ3) is 3.47. The molecule has 1 aromatic carbocycles. The van der Waals surface area contributed by atoms with Crippen LogP contribution >= 0.6 is 0 Å². The first kappa shape index (κ1) is 15.8. The van der Waals surface area contributed by atoms with E-state index in [1.54, 1.807) is 12.1 Å². The van der Waals surface area contributed by atoms with E-state index in [2.05, 4.69) is 10.6 Å². The van der Waals surface area contributed by atoms with Crippen molar-refractivity contribution in [1.29, 1.82) is 0 Å². The van der Waals surface area contributed by atoms with Gasteiger partial charge in [0.1, 0.15) is 0 Å². The summed E-state index contributed by atoms with van der Waals surface area (Å²) in [5.41, 5.74) is 2.11. The lowest BCUT2D eigenvalue weighted by Gasteiger charge is -2.19. The van der Waals surface area contributed by atoms with Crippen LogP contribution in [0.4, 0.5) is 11.4 Å². The lowest BCUT2D eigenvalue weighted by atomic mass is 10.1. The fourth-order valence-electron chi connectivity index (χ4n) is 3.29. The van der Waals surface area contributed by atoms with E-state index in [1.165, 1.54) is 0 Å². The van der Waals surface area contributed by atoms with Crippen LogP contribution in [0.5, 0.6) is 0 Å². The molecule has 1 aliphatic carbocycles. The molecule has 0 aromatic heterocycles. The van der Waals surface area contributed by atoms with Gasteiger partial charge in [-0.05, 0) is 31.0 Å². The first-order valence-electron chi connectivity index (χ1n) is 8.16. The SMILES string of the molecule is CN1CCC(=O)Nc2cc(C(=O)NC[C@@H]3CCC[C@H]3O)ccc21. The molecule has 23 heavy (non-hydrogen) atoms. The van der Waals surface area contributed by atoms with Crippen molar-refractivity contribution >= 4 is 23.2 Å². The molecule has 0 unspecified atom stereocenters. The summed E-state index contributed by atoms with van der Waals surface area (Å²) in [5, 5.41) is 15.6. The second-order valence-electron chi connectivity index (χ2n) is 6.42. The summed E-state index contributed by atoms with van der Waals surface area (Å²) >= 11 is 0. The maximum Gasteiger partial charge on any atom is 0.251 e. The van der Waals surface area contributed by atoms with E-state index < -0.39 is 0 Å². The van der Waals surface area contributed by atoms with Crippen molar-refractivity contribution in [3.8, 4) is 0 Å². The van der Waals surface area contributed by atoms with E-state index in [-0.39, 0.29) is 23.8 Å². The number of hydrogen-bond acceptors (Lipinski definition) is 4. The topological polar surface area (TPSA) is 81.7 Å². The number of hydrogen-bond donors (Lipinski definition) is 3. The number of nitrogens with one attached hydrogen (secondary N) is 2. The summed E-state index contributed by atoms with van der Waals surface area (Å²) in [6.07, 6.45) is 2.91. The Morgan fingerprint density at radius 1 is 1.43 bits per heavy atom. The van der Waals surface area contributed by atoms with Crippen molar-refractivity contribution in [2.75, 3.05) is 30.4 Å². The molecule has 6 nitrogen and oxygen atoms in total. The van der Waals surface area contributed by atoms with E-state index in [0.717, 1.165) is 24.9 Å². The molecule has 0 bridgehead atoms. The molecule has 3 N–H and O–H groups in total. The summed E-state index contributed by atoms with van der Waals surface area (Å²) in [7, 11) is 1.93. The van der Waals surface area contributed by atoms with E-state index in [9.17, 15) is 14.7 Å². The van der Waals surface area contributed by atoms with Gasteiger partial charge < -0.3 is 20.6 Å². The smallest absolute Gasteiger partial charge is 0.251 e. The van der Waals surface area contributed by atoms with Gasteiger partial charge in [0, 0.05) is 38.0 Å². The van der Waals surface area contributed by atoms with Crippen LogP contribution in [0, 0.1) is 5.92 Å². The Balaban J connectivity index is 1.70. The first-order chi connectivity index (χ1) is 11.0. The maximum absolute atomic E-state index is 12.3. The molecule has 0 spiro atoms. The predicted octanol–water partition coefficient (Wildman–Crippen LogP) is 1.36. The highest BCUT2D eigenvalue weighted by Gasteiger charge is 2.25. The first-order valence-corrected chi connectivity index (χ1v) is 8.16. The Morgan fingerprint density at radius 3 is 3.00 bits per heavy atom. The molecule has 1 heterocycles. The average molecular weight is 317 g/mol. The maximum atomic E-state index is 12.3. The molecule has 1 saturated carbocycles. The number of aliphatic hydroxyl groups is 1. The van der Waals surface area contributed by atoms with Crippen LogP contribution in [0.1, 0.15) is 36.0 Å². The quantitative estimate of drug-likeness (QED) is 0.786. The minimum absolute atomic E-state index is 0.0396. The highest BCUT2D eigenvalue weighted by molar-refractivity contribution is 6.00. The van der Waals surface area contributed by atoms with Crippen molar-refractivity contribution in [2.24, 2.45) is 5.92 Å². The molecule has 0 radical (unpaired) electrons. The molecular formula is C17H23N3O3.